The largest absolute Gasteiger partial charge is 0.340 e. The number of nitrogens with zero attached hydrogens (tertiary/aromatic N) is 3. The molecule has 3 rings (SSSR count). The number of anilines is 1. The number of H-pyrrole nitrogens is 1. The van der Waals surface area contributed by atoms with Crippen molar-refractivity contribution >= 4 is 5.95 Å². The average molecular weight is 291 g/mol. The van der Waals surface area contributed by atoms with Crippen molar-refractivity contribution in [3.63, 3.8) is 0 Å². The molecule has 1 saturated heterocycles. The molecular weight excluding hydrogens is 262 g/mol. The van der Waals surface area contributed by atoms with E-state index in [9.17, 15) is 0 Å². The van der Waals surface area contributed by atoms with Crippen LogP contribution in [-0.4, -0.2) is 34.8 Å². The van der Waals surface area contributed by atoms with Crippen LogP contribution in [0.15, 0.2) is 0 Å². The highest BCUT2D eigenvalue weighted by molar-refractivity contribution is 5.31. The minimum Gasteiger partial charge on any atom is -0.340 e. The first-order valence-electron chi connectivity index (χ1n) is 8.43. The van der Waals surface area contributed by atoms with E-state index < -0.39 is 0 Å². The minimum atomic E-state index is 0.199. The summed E-state index contributed by atoms with van der Waals surface area (Å²) in [5, 5.41) is 7.71. The summed E-state index contributed by atoms with van der Waals surface area (Å²) >= 11 is 0. The van der Waals surface area contributed by atoms with Gasteiger partial charge in [0.15, 0.2) is 0 Å². The second kappa shape index (κ2) is 5.59. The molecule has 1 saturated carbocycles. The molecule has 1 aromatic heterocycles. The van der Waals surface area contributed by atoms with Crippen LogP contribution in [-0.2, 0) is 5.41 Å². The van der Waals surface area contributed by atoms with Crippen LogP contribution in [0.25, 0.3) is 0 Å². The molecule has 0 unspecified atom stereocenters. The molecule has 2 fully saturated rings. The number of nitrogens with one attached hydrogen (secondary N) is 1. The van der Waals surface area contributed by atoms with Gasteiger partial charge in [-0.1, -0.05) is 33.1 Å². The van der Waals surface area contributed by atoms with Gasteiger partial charge in [-0.3, -0.25) is 5.10 Å². The van der Waals surface area contributed by atoms with Gasteiger partial charge in [-0.05, 0) is 37.6 Å². The molecule has 0 bridgehead atoms. The van der Waals surface area contributed by atoms with Crippen molar-refractivity contribution in [2.24, 2.45) is 11.1 Å². The van der Waals surface area contributed by atoms with Crippen LogP contribution in [0, 0.1) is 5.41 Å². The maximum absolute atomic E-state index is 5.88. The second-order valence-electron chi connectivity index (χ2n) is 7.61. The van der Waals surface area contributed by atoms with Crippen molar-refractivity contribution in [1.82, 2.24) is 15.2 Å². The molecule has 0 atom stereocenters. The quantitative estimate of drug-likeness (QED) is 0.898. The summed E-state index contributed by atoms with van der Waals surface area (Å²) in [6, 6.07) is 0. The Morgan fingerprint density at radius 3 is 2.38 bits per heavy atom. The maximum atomic E-state index is 5.88. The lowest BCUT2D eigenvalue weighted by Crippen LogP contribution is -2.42. The molecule has 1 aliphatic heterocycles. The fourth-order valence-electron chi connectivity index (χ4n) is 3.68. The Bertz CT molecular complexity index is 467. The Hall–Kier alpha value is -1.10. The molecule has 2 heterocycles. The van der Waals surface area contributed by atoms with Crippen LogP contribution in [0.2, 0.25) is 0 Å². The van der Waals surface area contributed by atoms with E-state index in [4.69, 9.17) is 10.7 Å². The Morgan fingerprint density at radius 1 is 1.10 bits per heavy atom. The monoisotopic (exact) mass is 291 g/mol. The minimum absolute atomic E-state index is 0.199. The molecule has 1 aliphatic carbocycles. The molecule has 0 radical (unpaired) electrons. The number of hydrogen-bond acceptors (Lipinski definition) is 4. The molecule has 118 valence electrons. The highest BCUT2D eigenvalue weighted by atomic mass is 15.4. The van der Waals surface area contributed by atoms with E-state index in [0.29, 0.717) is 5.41 Å². The summed E-state index contributed by atoms with van der Waals surface area (Å²) in [7, 11) is 0. The number of hydrogen-bond donors (Lipinski definition) is 2. The van der Waals surface area contributed by atoms with Crippen LogP contribution in [0.5, 0.6) is 0 Å². The van der Waals surface area contributed by atoms with Gasteiger partial charge in [0.1, 0.15) is 5.82 Å². The van der Waals surface area contributed by atoms with Gasteiger partial charge in [-0.15, -0.1) is 5.10 Å². The van der Waals surface area contributed by atoms with Gasteiger partial charge in [-0.2, -0.15) is 4.98 Å². The van der Waals surface area contributed by atoms with E-state index in [1.165, 1.54) is 32.1 Å². The average Bonchev–Trinajstić information content (AvgIpc) is 2.99. The third-order valence-electron chi connectivity index (χ3n) is 5.75. The van der Waals surface area contributed by atoms with Crippen molar-refractivity contribution < 1.29 is 0 Å². The molecule has 0 amide bonds. The van der Waals surface area contributed by atoms with Gasteiger partial charge >= 0.3 is 0 Å². The summed E-state index contributed by atoms with van der Waals surface area (Å²) < 4.78 is 0. The van der Waals surface area contributed by atoms with E-state index in [1.54, 1.807) is 0 Å². The topological polar surface area (TPSA) is 70.8 Å². The fraction of sp³-hybridized carbons (Fsp3) is 0.875. The summed E-state index contributed by atoms with van der Waals surface area (Å²) in [5.41, 5.74) is 6.38. The van der Waals surface area contributed by atoms with Crippen LogP contribution < -0.4 is 10.6 Å². The van der Waals surface area contributed by atoms with Gasteiger partial charge in [0.25, 0.3) is 0 Å². The molecule has 5 heteroatoms. The van der Waals surface area contributed by atoms with Crippen molar-refractivity contribution in [2.75, 3.05) is 24.5 Å². The first kappa shape index (κ1) is 14.8. The lowest BCUT2D eigenvalue weighted by Gasteiger charge is -2.38. The maximum Gasteiger partial charge on any atom is 0.244 e. The smallest absolute Gasteiger partial charge is 0.244 e. The van der Waals surface area contributed by atoms with E-state index in [-0.39, 0.29) is 5.41 Å². The van der Waals surface area contributed by atoms with Crippen molar-refractivity contribution in [3.05, 3.63) is 5.82 Å². The zero-order chi connectivity index (χ0) is 14.9. The van der Waals surface area contributed by atoms with Crippen molar-refractivity contribution in [1.29, 1.82) is 0 Å². The van der Waals surface area contributed by atoms with Crippen LogP contribution in [0.3, 0.4) is 0 Å². The Kier molecular flexibility index (Phi) is 3.95. The summed E-state index contributed by atoms with van der Waals surface area (Å²) in [4.78, 5) is 7.14. The lowest BCUT2D eigenvalue weighted by molar-refractivity contribution is 0.257. The molecule has 0 spiro atoms. The Morgan fingerprint density at radius 2 is 1.76 bits per heavy atom. The van der Waals surface area contributed by atoms with Crippen molar-refractivity contribution in [2.45, 2.75) is 64.2 Å². The Balaban J connectivity index is 1.68. The number of aromatic amines is 1. The first-order valence-corrected chi connectivity index (χ1v) is 8.43. The fourth-order valence-corrected chi connectivity index (χ4v) is 3.68. The van der Waals surface area contributed by atoms with Crippen LogP contribution in [0.1, 0.15) is 64.6 Å². The zero-order valence-electron chi connectivity index (χ0n) is 13.5. The predicted octanol–water partition coefficient (Wildman–Crippen LogP) is 2.59. The molecule has 1 aromatic rings. The Labute approximate surface area is 127 Å². The summed E-state index contributed by atoms with van der Waals surface area (Å²) in [6.45, 7) is 7.43. The zero-order valence-corrected chi connectivity index (χ0v) is 13.5. The summed E-state index contributed by atoms with van der Waals surface area (Å²) in [5.74, 6) is 1.97. The molecule has 3 N–H and O–H groups in total. The first-order chi connectivity index (χ1) is 10.0. The highest BCUT2D eigenvalue weighted by Gasteiger charge is 2.34. The number of piperidine rings is 1. The van der Waals surface area contributed by atoms with Gasteiger partial charge in [-0.25, -0.2) is 0 Å². The summed E-state index contributed by atoms with van der Waals surface area (Å²) in [6.07, 6.45) is 8.70. The molecule has 21 heavy (non-hydrogen) atoms. The van der Waals surface area contributed by atoms with Crippen molar-refractivity contribution in [3.8, 4) is 0 Å². The van der Waals surface area contributed by atoms with Gasteiger partial charge in [0.2, 0.25) is 5.95 Å². The number of aromatic nitrogens is 3. The lowest BCUT2D eigenvalue weighted by atomic mass is 9.75. The number of nitrogens with two attached hydrogens (primary N) is 1. The molecule has 0 aromatic carbocycles. The van der Waals surface area contributed by atoms with Crippen LogP contribution >= 0.6 is 0 Å². The standard InChI is InChI=1S/C16H29N5/c1-15(12-17)8-10-21(11-9-15)14-18-13(19-20-14)16(2)6-4-3-5-7-16/h3-12,17H2,1-2H3,(H,18,19,20). The van der Waals surface area contributed by atoms with E-state index >= 15 is 0 Å². The normalized spacial score (nSPS) is 25.0. The molecular formula is C16H29N5. The van der Waals surface area contributed by atoms with E-state index in [0.717, 1.165) is 44.2 Å². The van der Waals surface area contributed by atoms with Gasteiger partial charge in [0, 0.05) is 18.5 Å². The third-order valence-corrected chi connectivity index (χ3v) is 5.75. The van der Waals surface area contributed by atoms with Gasteiger partial charge < -0.3 is 10.6 Å². The second-order valence-corrected chi connectivity index (χ2v) is 7.61. The van der Waals surface area contributed by atoms with E-state index in [2.05, 4.69) is 28.9 Å². The SMILES string of the molecule is CC1(CN)CCN(c2n[nH]c(C3(C)CCCCC3)n2)CC1. The predicted molar refractivity (Wildman–Crippen MR) is 85.4 cm³/mol. The van der Waals surface area contributed by atoms with Gasteiger partial charge in [0.05, 0.1) is 0 Å². The highest BCUT2D eigenvalue weighted by Crippen LogP contribution is 2.38. The number of rotatable bonds is 3. The molecule has 5 nitrogen and oxygen atoms in total. The van der Waals surface area contributed by atoms with Crippen LogP contribution in [0.4, 0.5) is 5.95 Å². The third kappa shape index (κ3) is 2.93. The van der Waals surface area contributed by atoms with E-state index in [1.807, 2.05) is 0 Å². The molecule has 2 aliphatic rings.